The van der Waals surface area contributed by atoms with Crippen LogP contribution in [0, 0.1) is 5.41 Å². The average molecular weight is 349 g/mol. The molecule has 3 aromatic rings. The molecule has 0 heterocycles. The van der Waals surface area contributed by atoms with Gasteiger partial charge in [-0.15, -0.1) is 0 Å². The van der Waals surface area contributed by atoms with Crippen molar-refractivity contribution in [3.05, 3.63) is 109 Å². The molecule has 1 aliphatic carbocycles. The third-order valence-corrected chi connectivity index (χ3v) is 4.29. The Bertz CT molecular complexity index is 975. The maximum absolute atomic E-state index is 7.95. The maximum atomic E-state index is 7.95. The van der Waals surface area contributed by atoms with E-state index in [-0.39, 0.29) is 0 Å². The minimum Gasteiger partial charge on any atom is -0.311 e. The van der Waals surface area contributed by atoms with E-state index in [2.05, 4.69) is 46.3 Å². The Balaban J connectivity index is 1.70. The van der Waals surface area contributed by atoms with Crippen molar-refractivity contribution in [3.63, 3.8) is 0 Å². The Morgan fingerprint density at radius 3 is 1.67 bits per heavy atom. The van der Waals surface area contributed by atoms with Crippen molar-refractivity contribution < 1.29 is 0 Å². The zero-order valence-corrected chi connectivity index (χ0v) is 14.8. The highest BCUT2D eigenvalue weighted by Crippen LogP contribution is 2.34. The van der Waals surface area contributed by atoms with Gasteiger partial charge in [-0.1, -0.05) is 48.6 Å². The van der Waals surface area contributed by atoms with E-state index in [1.54, 1.807) is 6.08 Å². The normalized spacial score (nSPS) is 14.5. The first-order valence-corrected chi connectivity index (χ1v) is 8.84. The van der Waals surface area contributed by atoms with E-state index in [9.17, 15) is 0 Å². The van der Waals surface area contributed by atoms with Gasteiger partial charge in [-0.2, -0.15) is 0 Å². The quantitative estimate of drug-likeness (QED) is 0.546. The first-order chi connectivity index (χ1) is 13.3. The van der Waals surface area contributed by atoms with Crippen molar-refractivity contribution in [1.82, 2.24) is 0 Å². The van der Waals surface area contributed by atoms with Crippen LogP contribution in [0.25, 0.3) is 0 Å². The molecule has 0 saturated carbocycles. The minimum atomic E-state index is 0.428. The van der Waals surface area contributed by atoms with Gasteiger partial charge in [-0.05, 0) is 60.7 Å². The van der Waals surface area contributed by atoms with Crippen LogP contribution in [0.15, 0.2) is 114 Å². The highest BCUT2D eigenvalue weighted by molar-refractivity contribution is 6.50. The second-order valence-electron chi connectivity index (χ2n) is 6.15. The highest BCUT2D eigenvalue weighted by Gasteiger charge is 2.11. The summed E-state index contributed by atoms with van der Waals surface area (Å²) in [5.41, 5.74) is 5.20. The van der Waals surface area contributed by atoms with Crippen LogP contribution in [0.2, 0.25) is 0 Å². The lowest BCUT2D eigenvalue weighted by atomic mass is 10.1. The summed E-state index contributed by atoms with van der Waals surface area (Å²) in [6, 6.07) is 28.7. The second-order valence-corrected chi connectivity index (χ2v) is 6.15. The largest absolute Gasteiger partial charge is 0.311 e. The number of benzene rings is 3. The minimum absolute atomic E-state index is 0.428. The van der Waals surface area contributed by atoms with Crippen molar-refractivity contribution >= 4 is 34.2 Å². The fraction of sp³-hybridized carbons (Fsp3) is 0. The van der Waals surface area contributed by atoms with Crippen molar-refractivity contribution in [2.24, 2.45) is 4.99 Å². The highest BCUT2D eigenvalue weighted by atomic mass is 15.1. The van der Waals surface area contributed by atoms with E-state index < -0.39 is 0 Å². The van der Waals surface area contributed by atoms with Gasteiger partial charge in [0.25, 0.3) is 0 Å². The number of nitrogens with one attached hydrogen (secondary N) is 1. The maximum Gasteiger partial charge on any atom is 0.0886 e. The predicted octanol–water partition coefficient (Wildman–Crippen LogP) is 6.37. The van der Waals surface area contributed by atoms with Crippen LogP contribution in [-0.4, -0.2) is 11.4 Å². The Hall–Kier alpha value is -3.72. The van der Waals surface area contributed by atoms with Gasteiger partial charge in [-0.25, -0.2) is 4.99 Å². The summed E-state index contributed by atoms with van der Waals surface area (Å²) < 4.78 is 0. The van der Waals surface area contributed by atoms with E-state index in [1.165, 1.54) is 0 Å². The van der Waals surface area contributed by atoms with Gasteiger partial charge in [0.05, 0.1) is 17.1 Å². The lowest BCUT2D eigenvalue weighted by molar-refractivity contribution is 1.28. The standard InChI is InChI=1S/C24H19N3/c25-23-13-7-8-14-24(23)26-19-15-17-22(18-16-19)27(20-9-3-1-4-10-20)21-11-5-2-6-12-21/h1-18,25H/b25-23?,26-24-. The van der Waals surface area contributed by atoms with Gasteiger partial charge in [0.1, 0.15) is 0 Å². The van der Waals surface area contributed by atoms with Crippen LogP contribution >= 0.6 is 0 Å². The summed E-state index contributed by atoms with van der Waals surface area (Å²) in [6.07, 6.45) is 7.36. The molecule has 0 unspecified atom stereocenters. The van der Waals surface area contributed by atoms with Crippen LogP contribution in [0.4, 0.5) is 22.7 Å². The molecule has 0 radical (unpaired) electrons. The van der Waals surface area contributed by atoms with E-state index in [0.717, 1.165) is 22.7 Å². The topological polar surface area (TPSA) is 39.5 Å². The van der Waals surface area contributed by atoms with Crippen LogP contribution in [0.1, 0.15) is 0 Å². The molecule has 3 aromatic carbocycles. The zero-order valence-electron chi connectivity index (χ0n) is 14.8. The van der Waals surface area contributed by atoms with Crippen LogP contribution in [-0.2, 0) is 0 Å². The van der Waals surface area contributed by atoms with Crippen molar-refractivity contribution in [1.29, 1.82) is 5.41 Å². The molecule has 1 aliphatic rings. The molecule has 0 aromatic heterocycles. The van der Waals surface area contributed by atoms with Crippen LogP contribution in [0.5, 0.6) is 0 Å². The number of rotatable bonds is 4. The Kier molecular flexibility index (Phi) is 4.75. The summed E-state index contributed by atoms with van der Waals surface area (Å²) >= 11 is 0. The molecule has 27 heavy (non-hydrogen) atoms. The number of hydrogen-bond acceptors (Lipinski definition) is 3. The van der Waals surface area contributed by atoms with Crippen molar-refractivity contribution in [3.8, 4) is 0 Å². The number of aliphatic imine (C=N–C) groups is 1. The SMILES string of the molecule is N=C1C=CC=C/C1=N/c1ccc(N(c2ccccc2)c2ccccc2)cc1. The van der Waals surface area contributed by atoms with Gasteiger partial charge in [-0.3, -0.25) is 5.41 Å². The van der Waals surface area contributed by atoms with E-state index >= 15 is 0 Å². The smallest absolute Gasteiger partial charge is 0.0886 e. The first kappa shape index (κ1) is 16.7. The number of anilines is 3. The number of para-hydroxylation sites is 2. The molecule has 3 heteroatoms. The fourth-order valence-corrected chi connectivity index (χ4v) is 2.99. The van der Waals surface area contributed by atoms with E-state index in [0.29, 0.717) is 11.4 Å². The second kappa shape index (κ2) is 7.67. The molecule has 0 atom stereocenters. The van der Waals surface area contributed by atoms with Gasteiger partial charge in [0.2, 0.25) is 0 Å². The summed E-state index contributed by atoms with van der Waals surface area (Å²) in [6.45, 7) is 0. The van der Waals surface area contributed by atoms with Gasteiger partial charge >= 0.3 is 0 Å². The number of nitrogens with zero attached hydrogens (tertiary/aromatic N) is 2. The number of allylic oxidation sites excluding steroid dienone is 4. The Labute approximate surface area is 159 Å². The average Bonchev–Trinajstić information content (AvgIpc) is 2.73. The molecule has 4 rings (SSSR count). The van der Waals surface area contributed by atoms with E-state index in [4.69, 9.17) is 5.41 Å². The summed E-state index contributed by atoms with van der Waals surface area (Å²) in [4.78, 5) is 6.79. The molecule has 0 amide bonds. The molecule has 0 bridgehead atoms. The number of hydrogen-bond donors (Lipinski definition) is 1. The van der Waals surface area contributed by atoms with E-state index in [1.807, 2.05) is 66.8 Å². The summed E-state index contributed by atoms with van der Waals surface area (Å²) in [5.74, 6) is 0. The third kappa shape index (κ3) is 3.77. The third-order valence-electron chi connectivity index (χ3n) is 4.29. The summed E-state index contributed by atoms with van der Waals surface area (Å²) in [5, 5.41) is 7.95. The van der Waals surface area contributed by atoms with Gasteiger partial charge in [0.15, 0.2) is 0 Å². The molecular weight excluding hydrogens is 330 g/mol. The van der Waals surface area contributed by atoms with Crippen molar-refractivity contribution in [2.75, 3.05) is 4.90 Å². The Morgan fingerprint density at radius 2 is 1.11 bits per heavy atom. The lowest BCUT2D eigenvalue weighted by Crippen LogP contribution is -2.10. The molecule has 0 saturated heterocycles. The molecular formula is C24H19N3. The molecule has 1 N–H and O–H groups in total. The zero-order chi connectivity index (χ0) is 18.5. The van der Waals surface area contributed by atoms with Crippen molar-refractivity contribution in [2.45, 2.75) is 0 Å². The molecule has 3 nitrogen and oxygen atoms in total. The molecule has 130 valence electrons. The summed E-state index contributed by atoms with van der Waals surface area (Å²) in [7, 11) is 0. The van der Waals surface area contributed by atoms with Crippen LogP contribution in [0.3, 0.4) is 0 Å². The first-order valence-electron chi connectivity index (χ1n) is 8.84. The van der Waals surface area contributed by atoms with Gasteiger partial charge < -0.3 is 4.90 Å². The lowest BCUT2D eigenvalue weighted by Gasteiger charge is -2.25. The molecule has 0 spiro atoms. The fourth-order valence-electron chi connectivity index (χ4n) is 2.99. The molecule has 0 fully saturated rings. The molecule has 0 aliphatic heterocycles. The van der Waals surface area contributed by atoms with Crippen LogP contribution < -0.4 is 4.90 Å². The predicted molar refractivity (Wildman–Crippen MR) is 114 cm³/mol. The monoisotopic (exact) mass is 349 g/mol. The Morgan fingerprint density at radius 1 is 0.593 bits per heavy atom. The van der Waals surface area contributed by atoms with Gasteiger partial charge in [0, 0.05) is 17.1 Å².